The van der Waals surface area contributed by atoms with Crippen molar-refractivity contribution in [2.75, 3.05) is 18.2 Å². The van der Waals surface area contributed by atoms with Crippen LogP contribution in [0.2, 0.25) is 0 Å². The van der Waals surface area contributed by atoms with Crippen molar-refractivity contribution in [1.29, 1.82) is 0 Å². The minimum Gasteiger partial charge on any atom is -0.494 e. The minimum atomic E-state index is -0.0110. The zero-order chi connectivity index (χ0) is 19.1. The summed E-state index contributed by atoms with van der Waals surface area (Å²) in [6.07, 6.45) is 3.96. The molecule has 0 aliphatic rings. The Kier molecular flexibility index (Phi) is 7.45. The fraction of sp³-hybridized carbons (Fsp3) is 0.450. The van der Waals surface area contributed by atoms with Crippen molar-refractivity contribution in [3.8, 4) is 5.75 Å². The highest BCUT2D eigenvalue weighted by molar-refractivity contribution is 7.98. The zero-order valence-electron chi connectivity index (χ0n) is 16.2. The molecule has 0 fully saturated rings. The van der Waals surface area contributed by atoms with E-state index >= 15 is 0 Å². The van der Waals surface area contributed by atoms with Gasteiger partial charge in [0.15, 0.2) is 5.16 Å². The molecule has 5 nitrogen and oxygen atoms in total. The molecule has 0 radical (unpaired) electrons. The van der Waals surface area contributed by atoms with Gasteiger partial charge in [0, 0.05) is 23.5 Å². The van der Waals surface area contributed by atoms with Crippen LogP contribution >= 0.6 is 11.8 Å². The Labute approximate surface area is 160 Å². The van der Waals surface area contributed by atoms with E-state index in [1.54, 1.807) is 0 Å². The molecular formula is C20H27N3O2S. The average molecular weight is 374 g/mol. The van der Waals surface area contributed by atoms with Gasteiger partial charge >= 0.3 is 0 Å². The highest BCUT2D eigenvalue weighted by atomic mass is 32.2. The average Bonchev–Trinajstić information content (AvgIpc) is 2.61. The first-order chi connectivity index (χ1) is 12.4. The lowest BCUT2D eigenvalue weighted by Crippen LogP contribution is -2.14. The van der Waals surface area contributed by atoms with Crippen molar-refractivity contribution < 1.29 is 9.53 Å². The van der Waals surface area contributed by atoms with Gasteiger partial charge in [-0.25, -0.2) is 9.97 Å². The molecule has 0 saturated heterocycles. The normalized spacial score (nSPS) is 10.7. The van der Waals surface area contributed by atoms with E-state index in [-0.39, 0.29) is 5.91 Å². The van der Waals surface area contributed by atoms with E-state index in [0.717, 1.165) is 45.5 Å². The van der Waals surface area contributed by atoms with Crippen LogP contribution in [0.3, 0.4) is 0 Å². The van der Waals surface area contributed by atoms with Gasteiger partial charge in [0.25, 0.3) is 0 Å². The SMILES string of the molecule is CCCOc1ccc(NC(=O)CCc2c(C)nc(SC)nc2C)c(C)c1. The van der Waals surface area contributed by atoms with Crippen molar-refractivity contribution in [2.24, 2.45) is 0 Å². The first-order valence-electron chi connectivity index (χ1n) is 8.86. The lowest BCUT2D eigenvalue weighted by Gasteiger charge is -2.12. The van der Waals surface area contributed by atoms with E-state index in [1.807, 2.05) is 45.2 Å². The molecule has 140 valence electrons. The molecule has 0 spiro atoms. The number of anilines is 1. The van der Waals surface area contributed by atoms with Gasteiger partial charge < -0.3 is 10.1 Å². The maximum atomic E-state index is 12.4. The molecule has 1 heterocycles. The molecule has 0 aliphatic heterocycles. The summed E-state index contributed by atoms with van der Waals surface area (Å²) < 4.78 is 5.62. The quantitative estimate of drug-likeness (QED) is 0.546. The van der Waals surface area contributed by atoms with Gasteiger partial charge in [0.1, 0.15) is 5.75 Å². The summed E-state index contributed by atoms with van der Waals surface area (Å²) in [4.78, 5) is 21.3. The maximum absolute atomic E-state index is 12.4. The van der Waals surface area contributed by atoms with Gasteiger partial charge in [0.05, 0.1) is 6.61 Å². The molecule has 6 heteroatoms. The molecule has 1 aromatic carbocycles. The molecule has 2 rings (SSSR count). The van der Waals surface area contributed by atoms with E-state index in [4.69, 9.17) is 4.74 Å². The number of carbonyl (C=O) groups is 1. The standard InChI is InChI=1S/C20H27N3O2S/c1-6-11-25-16-7-9-18(13(2)12-16)23-19(24)10-8-17-14(3)21-20(26-5)22-15(17)4/h7,9,12H,6,8,10-11H2,1-5H3,(H,23,24). The number of hydrogen-bond donors (Lipinski definition) is 1. The van der Waals surface area contributed by atoms with Crippen LogP contribution < -0.4 is 10.1 Å². The van der Waals surface area contributed by atoms with E-state index in [2.05, 4.69) is 22.2 Å². The number of ether oxygens (including phenoxy) is 1. The van der Waals surface area contributed by atoms with Crippen molar-refractivity contribution in [1.82, 2.24) is 9.97 Å². The Morgan fingerprint density at radius 3 is 2.46 bits per heavy atom. The molecular weight excluding hydrogens is 346 g/mol. The third-order valence-corrected chi connectivity index (χ3v) is 4.68. The van der Waals surface area contributed by atoms with Crippen LogP contribution in [-0.4, -0.2) is 28.7 Å². The van der Waals surface area contributed by atoms with Crippen molar-refractivity contribution in [2.45, 2.75) is 52.1 Å². The molecule has 2 aromatic rings. The van der Waals surface area contributed by atoms with E-state index < -0.39 is 0 Å². The van der Waals surface area contributed by atoms with Crippen molar-refractivity contribution in [3.05, 3.63) is 40.7 Å². The molecule has 0 aliphatic carbocycles. The smallest absolute Gasteiger partial charge is 0.224 e. The second-order valence-electron chi connectivity index (χ2n) is 6.23. The first kappa shape index (κ1) is 20.2. The number of rotatable bonds is 8. The molecule has 0 bridgehead atoms. The molecule has 1 N–H and O–H groups in total. The Hall–Kier alpha value is -2.08. The van der Waals surface area contributed by atoms with Crippen LogP contribution in [0.4, 0.5) is 5.69 Å². The van der Waals surface area contributed by atoms with Gasteiger partial charge in [-0.15, -0.1) is 0 Å². The number of nitrogens with one attached hydrogen (secondary N) is 1. The highest BCUT2D eigenvalue weighted by Crippen LogP contribution is 2.22. The minimum absolute atomic E-state index is 0.0110. The third kappa shape index (κ3) is 5.46. The summed E-state index contributed by atoms with van der Waals surface area (Å²) in [7, 11) is 0. The first-order valence-corrected chi connectivity index (χ1v) is 10.1. The summed E-state index contributed by atoms with van der Waals surface area (Å²) in [6, 6.07) is 5.74. The summed E-state index contributed by atoms with van der Waals surface area (Å²) in [5.41, 5.74) is 4.76. The highest BCUT2D eigenvalue weighted by Gasteiger charge is 2.11. The number of carbonyl (C=O) groups excluding carboxylic acids is 1. The van der Waals surface area contributed by atoms with Gasteiger partial charge in [-0.05, 0) is 69.2 Å². The van der Waals surface area contributed by atoms with E-state index in [0.29, 0.717) is 19.4 Å². The number of aromatic nitrogens is 2. The Balaban J connectivity index is 1.97. The van der Waals surface area contributed by atoms with Gasteiger partial charge in [-0.2, -0.15) is 0 Å². The Morgan fingerprint density at radius 2 is 1.88 bits per heavy atom. The number of hydrogen-bond acceptors (Lipinski definition) is 5. The number of thioether (sulfide) groups is 1. The fourth-order valence-corrected chi connectivity index (χ4v) is 3.16. The molecule has 0 atom stereocenters. The zero-order valence-corrected chi connectivity index (χ0v) is 17.0. The van der Waals surface area contributed by atoms with Crippen LogP contribution in [0.25, 0.3) is 0 Å². The fourth-order valence-electron chi connectivity index (χ4n) is 2.70. The third-order valence-electron chi connectivity index (χ3n) is 4.13. The van der Waals surface area contributed by atoms with E-state index in [9.17, 15) is 4.79 Å². The summed E-state index contributed by atoms with van der Waals surface area (Å²) in [5, 5.41) is 3.76. The predicted octanol–water partition coefficient (Wildman–Crippen LogP) is 4.48. The largest absolute Gasteiger partial charge is 0.494 e. The predicted molar refractivity (Wildman–Crippen MR) is 107 cm³/mol. The molecule has 1 aromatic heterocycles. The number of amides is 1. The lowest BCUT2D eigenvalue weighted by molar-refractivity contribution is -0.116. The summed E-state index contributed by atoms with van der Waals surface area (Å²) in [5.74, 6) is 0.822. The molecule has 1 amide bonds. The van der Waals surface area contributed by atoms with E-state index in [1.165, 1.54) is 11.8 Å². The number of nitrogens with zero attached hydrogens (tertiary/aromatic N) is 2. The summed E-state index contributed by atoms with van der Waals surface area (Å²) in [6.45, 7) is 8.69. The van der Waals surface area contributed by atoms with Crippen LogP contribution in [0.1, 0.15) is 42.3 Å². The van der Waals surface area contributed by atoms with Crippen LogP contribution in [0.5, 0.6) is 5.75 Å². The number of benzene rings is 1. The topological polar surface area (TPSA) is 64.1 Å². The second-order valence-corrected chi connectivity index (χ2v) is 7.01. The van der Waals surface area contributed by atoms with Crippen LogP contribution in [0.15, 0.2) is 23.4 Å². The van der Waals surface area contributed by atoms with Gasteiger partial charge in [-0.3, -0.25) is 4.79 Å². The molecule has 0 unspecified atom stereocenters. The van der Waals surface area contributed by atoms with Crippen molar-refractivity contribution in [3.63, 3.8) is 0 Å². The Morgan fingerprint density at radius 1 is 1.19 bits per heavy atom. The van der Waals surface area contributed by atoms with Crippen LogP contribution in [-0.2, 0) is 11.2 Å². The van der Waals surface area contributed by atoms with Crippen LogP contribution in [0, 0.1) is 20.8 Å². The molecule has 0 saturated carbocycles. The Bertz CT molecular complexity index is 755. The summed E-state index contributed by atoms with van der Waals surface area (Å²) >= 11 is 1.53. The molecule has 26 heavy (non-hydrogen) atoms. The van der Waals surface area contributed by atoms with Crippen molar-refractivity contribution >= 4 is 23.4 Å². The van der Waals surface area contributed by atoms with Gasteiger partial charge in [-0.1, -0.05) is 18.7 Å². The number of aryl methyl sites for hydroxylation is 3. The lowest BCUT2D eigenvalue weighted by atomic mass is 10.1. The maximum Gasteiger partial charge on any atom is 0.224 e. The monoisotopic (exact) mass is 373 g/mol. The van der Waals surface area contributed by atoms with Gasteiger partial charge in [0.2, 0.25) is 5.91 Å². The second kappa shape index (κ2) is 9.57.